The van der Waals surface area contributed by atoms with Crippen molar-refractivity contribution in [3.05, 3.63) is 12.3 Å². The molecule has 0 bridgehead atoms. The molecule has 0 aliphatic carbocycles. The van der Waals surface area contributed by atoms with Gasteiger partial charge in [0.05, 0.1) is 11.9 Å². The van der Waals surface area contributed by atoms with Crippen molar-refractivity contribution < 1.29 is 4.79 Å². The number of allylic oxidation sites excluding steroid dienone is 1. The van der Waals surface area contributed by atoms with Crippen molar-refractivity contribution in [1.29, 1.82) is 0 Å². The monoisotopic (exact) mass is 96.0 g/mol. The molecular formula is C4H4N2O. The average Bonchev–Trinajstić information content (AvgIpc) is 1.87. The third kappa shape index (κ3) is 0.652. The Balaban J connectivity index is 2.76. The summed E-state index contributed by atoms with van der Waals surface area (Å²) >= 11 is 0. The second kappa shape index (κ2) is 1.18. The minimum atomic E-state index is -0.329. The number of hydrogen-bond donors (Lipinski definition) is 1. The first kappa shape index (κ1) is 4.05. The number of amides is 2. The molecule has 0 saturated carbocycles. The standard InChI is InChI=1S/C4H4N2O/c1-3-2-5-4(7)6-3/h2H,1H2,(H,6,7). The Hall–Kier alpha value is -1.12. The Morgan fingerprint density at radius 1 is 1.86 bits per heavy atom. The highest BCUT2D eigenvalue weighted by atomic mass is 16.2. The lowest BCUT2D eigenvalue weighted by Gasteiger charge is -1.83. The van der Waals surface area contributed by atoms with Gasteiger partial charge in [0, 0.05) is 0 Å². The van der Waals surface area contributed by atoms with Gasteiger partial charge in [-0.3, -0.25) is 0 Å². The summed E-state index contributed by atoms with van der Waals surface area (Å²) in [5, 5.41) is 2.36. The lowest BCUT2D eigenvalue weighted by atomic mass is 10.6. The fourth-order valence-corrected chi connectivity index (χ4v) is 0.338. The molecule has 1 aliphatic rings. The van der Waals surface area contributed by atoms with E-state index >= 15 is 0 Å². The summed E-state index contributed by atoms with van der Waals surface area (Å²) in [7, 11) is 0. The van der Waals surface area contributed by atoms with Gasteiger partial charge < -0.3 is 5.32 Å². The molecule has 2 amide bonds. The van der Waals surface area contributed by atoms with Crippen LogP contribution >= 0.6 is 0 Å². The fourth-order valence-electron chi connectivity index (χ4n) is 0.338. The van der Waals surface area contributed by atoms with Crippen LogP contribution in [0, 0.1) is 0 Å². The minimum absolute atomic E-state index is 0.329. The molecule has 0 aromatic rings. The van der Waals surface area contributed by atoms with Crippen LogP contribution in [-0.2, 0) is 0 Å². The molecule has 0 aromatic heterocycles. The van der Waals surface area contributed by atoms with Gasteiger partial charge in [-0.25, -0.2) is 4.79 Å². The number of carbonyl (C=O) groups excluding carboxylic acids is 1. The van der Waals surface area contributed by atoms with Crippen LogP contribution in [0.1, 0.15) is 0 Å². The van der Waals surface area contributed by atoms with Crippen molar-refractivity contribution in [3.8, 4) is 0 Å². The lowest BCUT2D eigenvalue weighted by Crippen LogP contribution is -2.10. The summed E-state index contributed by atoms with van der Waals surface area (Å²) in [4.78, 5) is 13.4. The largest absolute Gasteiger partial charge is 0.345 e. The van der Waals surface area contributed by atoms with Gasteiger partial charge in [-0.1, -0.05) is 6.58 Å². The third-order valence-electron chi connectivity index (χ3n) is 0.605. The van der Waals surface area contributed by atoms with E-state index in [-0.39, 0.29) is 6.03 Å². The molecule has 0 fully saturated rings. The fraction of sp³-hybridized carbons (Fsp3) is 0. The predicted octanol–water partition coefficient (Wildman–Crippen LogP) is 0.294. The van der Waals surface area contributed by atoms with Crippen LogP contribution in [0.2, 0.25) is 0 Å². The molecule has 3 nitrogen and oxygen atoms in total. The maximum Gasteiger partial charge on any atom is 0.345 e. The summed E-state index contributed by atoms with van der Waals surface area (Å²) in [5.74, 6) is 0. The van der Waals surface area contributed by atoms with E-state index in [9.17, 15) is 4.79 Å². The van der Waals surface area contributed by atoms with Gasteiger partial charge in [0.15, 0.2) is 0 Å². The number of rotatable bonds is 0. The van der Waals surface area contributed by atoms with Crippen molar-refractivity contribution >= 4 is 12.2 Å². The number of carbonyl (C=O) groups is 1. The Bertz CT molecular complexity index is 132. The summed E-state index contributed by atoms with van der Waals surface area (Å²) in [6, 6.07) is -0.329. The van der Waals surface area contributed by atoms with Gasteiger partial charge >= 0.3 is 6.03 Å². The van der Waals surface area contributed by atoms with Crippen LogP contribution in [0.25, 0.3) is 0 Å². The molecule has 0 unspecified atom stereocenters. The predicted molar refractivity (Wildman–Crippen MR) is 26.2 cm³/mol. The van der Waals surface area contributed by atoms with E-state index in [1.165, 1.54) is 6.21 Å². The second-order valence-corrected chi connectivity index (χ2v) is 1.21. The number of urea groups is 1. The second-order valence-electron chi connectivity index (χ2n) is 1.21. The summed E-state index contributed by atoms with van der Waals surface area (Å²) in [6.45, 7) is 3.42. The van der Waals surface area contributed by atoms with Gasteiger partial charge in [0.2, 0.25) is 0 Å². The quantitative estimate of drug-likeness (QED) is 0.462. The lowest BCUT2D eigenvalue weighted by molar-refractivity contribution is 0.253. The maximum absolute atomic E-state index is 10.1. The Morgan fingerprint density at radius 2 is 2.57 bits per heavy atom. The van der Waals surface area contributed by atoms with Gasteiger partial charge in [-0.05, 0) is 0 Å². The molecule has 3 heteroatoms. The van der Waals surface area contributed by atoms with Crippen molar-refractivity contribution in [3.63, 3.8) is 0 Å². The molecule has 1 aliphatic heterocycles. The number of hydrogen-bond acceptors (Lipinski definition) is 1. The summed E-state index contributed by atoms with van der Waals surface area (Å²) in [6.07, 6.45) is 1.39. The first-order chi connectivity index (χ1) is 3.29. The zero-order valence-electron chi connectivity index (χ0n) is 3.64. The van der Waals surface area contributed by atoms with E-state index in [1.54, 1.807) is 0 Å². The van der Waals surface area contributed by atoms with Crippen molar-refractivity contribution in [1.82, 2.24) is 5.32 Å². The average molecular weight is 96.1 g/mol. The zero-order chi connectivity index (χ0) is 5.28. The van der Waals surface area contributed by atoms with E-state index < -0.39 is 0 Å². The Kier molecular flexibility index (Phi) is 0.685. The van der Waals surface area contributed by atoms with Crippen LogP contribution in [0.3, 0.4) is 0 Å². The van der Waals surface area contributed by atoms with Gasteiger partial charge in [-0.2, -0.15) is 4.99 Å². The van der Waals surface area contributed by atoms with E-state index in [2.05, 4.69) is 16.9 Å². The molecule has 7 heavy (non-hydrogen) atoms. The highest BCUT2D eigenvalue weighted by molar-refractivity contribution is 5.99. The highest BCUT2D eigenvalue weighted by Gasteiger charge is 2.02. The van der Waals surface area contributed by atoms with E-state index in [0.717, 1.165) is 0 Å². The van der Waals surface area contributed by atoms with Crippen LogP contribution in [-0.4, -0.2) is 12.2 Å². The molecule has 0 aromatic carbocycles. The summed E-state index contributed by atoms with van der Waals surface area (Å²) in [5.41, 5.74) is 0.560. The number of nitrogens with zero attached hydrogens (tertiary/aromatic N) is 1. The van der Waals surface area contributed by atoms with E-state index in [0.29, 0.717) is 5.70 Å². The smallest absolute Gasteiger partial charge is 0.305 e. The van der Waals surface area contributed by atoms with Gasteiger partial charge in [-0.15, -0.1) is 0 Å². The number of nitrogens with one attached hydrogen (secondary N) is 1. The van der Waals surface area contributed by atoms with Crippen LogP contribution in [0.4, 0.5) is 4.79 Å². The van der Waals surface area contributed by atoms with Crippen molar-refractivity contribution in [2.45, 2.75) is 0 Å². The van der Waals surface area contributed by atoms with Crippen LogP contribution in [0.5, 0.6) is 0 Å². The molecule has 0 saturated heterocycles. The minimum Gasteiger partial charge on any atom is -0.305 e. The molecule has 0 spiro atoms. The maximum atomic E-state index is 10.1. The Morgan fingerprint density at radius 3 is 2.71 bits per heavy atom. The molecule has 1 rings (SSSR count). The number of aliphatic imine (C=N–C) groups is 1. The Labute approximate surface area is 40.7 Å². The SMILES string of the molecule is C=C1C=NC(=O)N1. The van der Waals surface area contributed by atoms with E-state index in [1.807, 2.05) is 0 Å². The molecule has 1 heterocycles. The molecule has 0 atom stereocenters. The molecule has 1 N–H and O–H groups in total. The first-order valence-corrected chi connectivity index (χ1v) is 1.83. The third-order valence-corrected chi connectivity index (χ3v) is 0.605. The van der Waals surface area contributed by atoms with Crippen molar-refractivity contribution in [2.24, 2.45) is 4.99 Å². The highest BCUT2D eigenvalue weighted by Crippen LogP contribution is 1.88. The first-order valence-electron chi connectivity index (χ1n) is 1.83. The molecular weight excluding hydrogens is 92.1 g/mol. The topological polar surface area (TPSA) is 41.5 Å². The van der Waals surface area contributed by atoms with Gasteiger partial charge in [0.25, 0.3) is 0 Å². The van der Waals surface area contributed by atoms with E-state index in [4.69, 9.17) is 0 Å². The van der Waals surface area contributed by atoms with Gasteiger partial charge in [0.1, 0.15) is 0 Å². The normalized spacial score (nSPS) is 17.7. The van der Waals surface area contributed by atoms with Crippen molar-refractivity contribution in [2.75, 3.05) is 0 Å². The van der Waals surface area contributed by atoms with Crippen LogP contribution < -0.4 is 5.32 Å². The van der Waals surface area contributed by atoms with Crippen LogP contribution in [0.15, 0.2) is 17.3 Å². The molecule has 36 valence electrons. The molecule has 0 radical (unpaired) electrons. The zero-order valence-corrected chi connectivity index (χ0v) is 3.64. The summed E-state index contributed by atoms with van der Waals surface area (Å²) < 4.78 is 0.